The van der Waals surface area contributed by atoms with Gasteiger partial charge in [0.25, 0.3) is 0 Å². The molecule has 3 rings (SSSR count). The van der Waals surface area contributed by atoms with E-state index in [-0.39, 0.29) is 30.3 Å². The summed E-state index contributed by atoms with van der Waals surface area (Å²) in [5.41, 5.74) is 2.06. The van der Waals surface area contributed by atoms with Crippen LogP contribution in [0.4, 0.5) is 5.69 Å². The number of amides is 2. The van der Waals surface area contributed by atoms with Gasteiger partial charge in [-0.1, -0.05) is 30.4 Å². The number of allylic oxidation sites excluding steroid dienone is 2. The van der Waals surface area contributed by atoms with Gasteiger partial charge in [-0.05, 0) is 31.4 Å². The number of hydrogen-bond donors (Lipinski definition) is 1. The molecule has 1 saturated heterocycles. The van der Waals surface area contributed by atoms with Gasteiger partial charge in [-0.25, -0.2) is 0 Å². The Hall–Kier alpha value is -2.10. The second-order valence-corrected chi connectivity index (χ2v) is 5.41. The van der Waals surface area contributed by atoms with Gasteiger partial charge in [-0.2, -0.15) is 0 Å². The largest absolute Gasteiger partial charge is 0.367 e. The lowest BCUT2D eigenvalue weighted by Gasteiger charge is -2.17. The van der Waals surface area contributed by atoms with E-state index < -0.39 is 0 Å². The number of imide groups is 1. The molecule has 1 aromatic carbocycles. The number of carbonyl (C=O) groups is 2. The summed E-state index contributed by atoms with van der Waals surface area (Å²) in [6.07, 6.45) is 5.39. The molecule has 1 N–H and O–H groups in total. The molecule has 2 amide bonds. The summed E-state index contributed by atoms with van der Waals surface area (Å²) in [7, 11) is 0. The predicted octanol–water partition coefficient (Wildman–Crippen LogP) is 2.32. The maximum Gasteiger partial charge on any atom is 0.234 e. The van der Waals surface area contributed by atoms with Crippen LogP contribution in [0.5, 0.6) is 0 Å². The van der Waals surface area contributed by atoms with Gasteiger partial charge in [0.2, 0.25) is 11.8 Å². The van der Waals surface area contributed by atoms with Crippen LogP contribution in [0.25, 0.3) is 0 Å². The van der Waals surface area contributed by atoms with Crippen LogP contribution in [0.2, 0.25) is 0 Å². The zero-order valence-electron chi connectivity index (χ0n) is 11.5. The van der Waals surface area contributed by atoms with Crippen LogP contribution >= 0.6 is 0 Å². The first kappa shape index (κ1) is 12.9. The van der Waals surface area contributed by atoms with E-state index in [1.54, 1.807) is 0 Å². The Kier molecular flexibility index (Phi) is 3.30. The van der Waals surface area contributed by atoms with Crippen molar-refractivity contribution in [3.63, 3.8) is 0 Å². The molecule has 1 heterocycles. The minimum Gasteiger partial charge on any atom is -0.367 e. The highest BCUT2D eigenvalue weighted by atomic mass is 16.2. The molecule has 104 valence electrons. The molecule has 1 fully saturated rings. The fourth-order valence-electron chi connectivity index (χ4n) is 2.96. The second kappa shape index (κ2) is 5.12. The molecule has 4 heteroatoms. The van der Waals surface area contributed by atoms with Gasteiger partial charge in [-0.3, -0.25) is 14.5 Å². The zero-order valence-corrected chi connectivity index (χ0v) is 11.5. The van der Waals surface area contributed by atoms with Crippen molar-refractivity contribution >= 4 is 17.5 Å². The molecule has 0 saturated carbocycles. The third-order valence-electron chi connectivity index (χ3n) is 4.17. The first-order valence-corrected chi connectivity index (χ1v) is 6.98. The highest BCUT2D eigenvalue weighted by molar-refractivity contribution is 6.05. The fourth-order valence-corrected chi connectivity index (χ4v) is 2.96. The van der Waals surface area contributed by atoms with E-state index in [0.29, 0.717) is 12.8 Å². The Balaban J connectivity index is 1.71. The lowest BCUT2D eigenvalue weighted by molar-refractivity contribution is -0.139. The third kappa shape index (κ3) is 2.11. The first-order chi connectivity index (χ1) is 9.68. The Labute approximate surface area is 118 Å². The standard InChI is InChI=1S/C16H18N2O2/c1-11-6-2-5-9-14(11)17-10-18-15(19)12-7-3-4-8-13(12)16(18)20/h2-6,9,12-13,17H,7-8,10H2,1H3/t12-,13+. The number of fused-ring (bicyclic) bond motifs is 1. The number of nitrogens with zero attached hydrogens (tertiary/aromatic N) is 1. The van der Waals surface area contributed by atoms with Crippen LogP contribution in [-0.2, 0) is 9.59 Å². The number of para-hydroxylation sites is 1. The van der Waals surface area contributed by atoms with Gasteiger partial charge >= 0.3 is 0 Å². The van der Waals surface area contributed by atoms with Crippen molar-refractivity contribution < 1.29 is 9.59 Å². The monoisotopic (exact) mass is 270 g/mol. The van der Waals surface area contributed by atoms with Gasteiger partial charge in [0, 0.05) is 5.69 Å². The highest BCUT2D eigenvalue weighted by Gasteiger charge is 2.46. The summed E-state index contributed by atoms with van der Waals surface area (Å²) in [4.78, 5) is 25.9. The van der Waals surface area contributed by atoms with Crippen LogP contribution in [0, 0.1) is 18.8 Å². The quantitative estimate of drug-likeness (QED) is 0.677. The van der Waals surface area contributed by atoms with E-state index in [0.717, 1.165) is 11.3 Å². The molecule has 20 heavy (non-hydrogen) atoms. The van der Waals surface area contributed by atoms with Crippen molar-refractivity contribution in [2.45, 2.75) is 19.8 Å². The average molecular weight is 270 g/mol. The van der Waals surface area contributed by atoms with E-state index in [1.807, 2.05) is 43.3 Å². The molecule has 1 aliphatic heterocycles. The molecule has 2 aliphatic rings. The molecule has 1 aliphatic carbocycles. The van der Waals surface area contributed by atoms with E-state index in [4.69, 9.17) is 0 Å². The van der Waals surface area contributed by atoms with Gasteiger partial charge in [0.1, 0.15) is 0 Å². The zero-order chi connectivity index (χ0) is 14.1. The smallest absolute Gasteiger partial charge is 0.234 e. The van der Waals surface area contributed by atoms with Gasteiger partial charge in [-0.15, -0.1) is 0 Å². The summed E-state index contributed by atoms with van der Waals surface area (Å²) in [6, 6.07) is 7.86. The van der Waals surface area contributed by atoms with Crippen molar-refractivity contribution in [3.05, 3.63) is 42.0 Å². The Bertz CT molecular complexity index is 554. The molecule has 2 atom stereocenters. The Morgan fingerprint density at radius 3 is 2.30 bits per heavy atom. The maximum absolute atomic E-state index is 12.3. The lowest BCUT2D eigenvalue weighted by Crippen LogP contribution is -2.35. The summed E-state index contributed by atoms with van der Waals surface area (Å²) in [5, 5.41) is 3.19. The summed E-state index contributed by atoms with van der Waals surface area (Å²) >= 11 is 0. The average Bonchev–Trinajstić information content (AvgIpc) is 2.71. The van der Waals surface area contributed by atoms with E-state index in [9.17, 15) is 9.59 Å². The molecule has 0 aromatic heterocycles. The number of hydrogen-bond acceptors (Lipinski definition) is 3. The van der Waals surface area contributed by atoms with Gasteiger partial charge in [0.05, 0.1) is 18.5 Å². The molecule has 0 unspecified atom stereocenters. The summed E-state index contributed by atoms with van der Waals surface area (Å²) in [6.45, 7) is 2.26. The molecule has 0 radical (unpaired) electrons. The number of aryl methyl sites for hydroxylation is 1. The number of carbonyl (C=O) groups excluding carboxylic acids is 2. The number of benzene rings is 1. The van der Waals surface area contributed by atoms with E-state index >= 15 is 0 Å². The van der Waals surface area contributed by atoms with E-state index in [1.165, 1.54) is 4.90 Å². The molecule has 4 nitrogen and oxygen atoms in total. The van der Waals surface area contributed by atoms with Crippen LogP contribution in [0.1, 0.15) is 18.4 Å². The first-order valence-electron chi connectivity index (χ1n) is 6.98. The van der Waals surface area contributed by atoms with Gasteiger partial charge in [0.15, 0.2) is 0 Å². The van der Waals surface area contributed by atoms with Crippen LogP contribution in [0.3, 0.4) is 0 Å². The molecule has 0 spiro atoms. The number of anilines is 1. The third-order valence-corrected chi connectivity index (χ3v) is 4.17. The van der Waals surface area contributed by atoms with Crippen molar-refractivity contribution in [3.8, 4) is 0 Å². The second-order valence-electron chi connectivity index (χ2n) is 5.41. The lowest BCUT2D eigenvalue weighted by atomic mass is 9.85. The van der Waals surface area contributed by atoms with Crippen molar-refractivity contribution in [1.29, 1.82) is 0 Å². The normalized spacial score (nSPS) is 24.9. The van der Waals surface area contributed by atoms with E-state index in [2.05, 4.69) is 5.32 Å². The number of likely N-dealkylation sites (tertiary alicyclic amines) is 1. The maximum atomic E-state index is 12.3. The van der Waals surface area contributed by atoms with Crippen molar-refractivity contribution in [1.82, 2.24) is 4.90 Å². The van der Waals surface area contributed by atoms with Gasteiger partial charge < -0.3 is 5.32 Å². The summed E-state index contributed by atoms with van der Waals surface area (Å²) < 4.78 is 0. The topological polar surface area (TPSA) is 49.4 Å². The predicted molar refractivity (Wildman–Crippen MR) is 76.9 cm³/mol. The molecule has 0 bridgehead atoms. The Morgan fingerprint density at radius 1 is 1.10 bits per heavy atom. The summed E-state index contributed by atoms with van der Waals surface area (Å²) in [5.74, 6) is -0.367. The molecule has 1 aromatic rings. The number of rotatable bonds is 3. The van der Waals surface area contributed by atoms with Crippen LogP contribution in [-0.4, -0.2) is 23.4 Å². The minimum atomic E-state index is -0.147. The molecular weight excluding hydrogens is 252 g/mol. The van der Waals surface area contributed by atoms with Crippen molar-refractivity contribution in [2.24, 2.45) is 11.8 Å². The van der Waals surface area contributed by atoms with Crippen molar-refractivity contribution in [2.75, 3.05) is 12.0 Å². The molecular formula is C16H18N2O2. The SMILES string of the molecule is Cc1ccccc1NCN1C(=O)[C@H]2CC=CC[C@H]2C1=O. The minimum absolute atomic E-state index is 0.0366. The highest BCUT2D eigenvalue weighted by Crippen LogP contribution is 2.34. The van der Waals surface area contributed by atoms with Crippen LogP contribution in [0.15, 0.2) is 36.4 Å². The fraction of sp³-hybridized carbons (Fsp3) is 0.375. The number of nitrogens with one attached hydrogen (secondary N) is 1. The Morgan fingerprint density at radius 2 is 1.70 bits per heavy atom. The van der Waals surface area contributed by atoms with Crippen LogP contribution < -0.4 is 5.32 Å².